The molecule has 4 N–H and O–H groups in total. The molecular weight excluding hydrogens is 388 g/mol. The Kier molecular flexibility index (Phi) is 4.50. The highest BCUT2D eigenvalue weighted by Crippen LogP contribution is 2.42. The Morgan fingerprint density at radius 2 is 2.00 bits per heavy atom. The van der Waals surface area contributed by atoms with Crippen LogP contribution in [-0.4, -0.2) is 40.9 Å². The number of rotatable bonds is 3. The largest absolute Gasteiger partial charge is 0.508 e. The lowest BCUT2D eigenvalue weighted by atomic mass is 9.91. The standard InChI is InChI=1S/C21H20N4O3S/c1-10-4-5-11(26)6-12(10)13-7-14(15-8-23-19(27)17(15)18(13)22)20-24-9-16(29-20)21(28)25(2)3/h4-7,9,26H,8,22H2,1-3H3,(H,23,27). The molecule has 1 aliphatic heterocycles. The van der Waals surface area contributed by atoms with E-state index >= 15 is 0 Å². The number of hydrogen-bond acceptors (Lipinski definition) is 6. The van der Waals surface area contributed by atoms with Gasteiger partial charge in [-0.05, 0) is 41.8 Å². The molecule has 0 aliphatic carbocycles. The van der Waals surface area contributed by atoms with E-state index < -0.39 is 0 Å². The van der Waals surface area contributed by atoms with Crippen molar-refractivity contribution in [3.05, 3.63) is 52.0 Å². The number of aromatic hydroxyl groups is 1. The van der Waals surface area contributed by atoms with Gasteiger partial charge in [0.05, 0.1) is 17.4 Å². The molecule has 2 heterocycles. The van der Waals surface area contributed by atoms with Gasteiger partial charge in [0.1, 0.15) is 15.6 Å². The summed E-state index contributed by atoms with van der Waals surface area (Å²) in [5.41, 5.74) is 11.0. The summed E-state index contributed by atoms with van der Waals surface area (Å²) in [5.74, 6) is -0.247. The molecule has 3 aromatic rings. The number of nitrogens with one attached hydrogen (secondary N) is 1. The molecule has 4 rings (SSSR count). The monoisotopic (exact) mass is 408 g/mol. The Balaban J connectivity index is 1.95. The quantitative estimate of drug-likeness (QED) is 0.577. The number of carbonyl (C=O) groups is 2. The number of nitrogens with zero attached hydrogens (tertiary/aromatic N) is 2. The maximum atomic E-state index is 12.5. The highest BCUT2D eigenvalue weighted by Gasteiger charge is 2.29. The number of phenolic OH excluding ortho intramolecular Hbond substituents is 1. The van der Waals surface area contributed by atoms with Crippen LogP contribution in [0.25, 0.3) is 21.7 Å². The Morgan fingerprint density at radius 1 is 1.24 bits per heavy atom. The Morgan fingerprint density at radius 3 is 2.72 bits per heavy atom. The lowest BCUT2D eigenvalue weighted by Gasteiger charge is -2.15. The molecule has 0 saturated carbocycles. The Bertz CT molecular complexity index is 1170. The van der Waals surface area contributed by atoms with Crippen molar-refractivity contribution in [3.63, 3.8) is 0 Å². The van der Waals surface area contributed by atoms with E-state index in [-0.39, 0.29) is 17.6 Å². The highest BCUT2D eigenvalue weighted by atomic mass is 32.1. The van der Waals surface area contributed by atoms with Gasteiger partial charge in [0.25, 0.3) is 11.8 Å². The molecule has 0 fully saturated rings. The third-order valence-electron chi connectivity index (χ3n) is 4.99. The second-order valence-corrected chi connectivity index (χ2v) is 8.18. The third kappa shape index (κ3) is 3.11. The fourth-order valence-corrected chi connectivity index (χ4v) is 4.45. The van der Waals surface area contributed by atoms with Gasteiger partial charge in [0.15, 0.2) is 0 Å². The van der Waals surface area contributed by atoms with Crippen LogP contribution in [0.15, 0.2) is 30.5 Å². The van der Waals surface area contributed by atoms with E-state index in [2.05, 4.69) is 10.3 Å². The maximum Gasteiger partial charge on any atom is 0.265 e. The van der Waals surface area contributed by atoms with E-state index in [1.165, 1.54) is 16.2 Å². The summed E-state index contributed by atoms with van der Waals surface area (Å²) in [7, 11) is 3.38. The number of aromatic nitrogens is 1. The number of benzene rings is 2. The molecule has 0 bridgehead atoms. The predicted octanol–water partition coefficient (Wildman–Crippen LogP) is 3.02. The second-order valence-electron chi connectivity index (χ2n) is 7.15. The van der Waals surface area contributed by atoms with Gasteiger partial charge >= 0.3 is 0 Å². The van der Waals surface area contributed by atoms with Gasteiger partial charge in [-0.25, -0.2) is 4.98 Å². The number of hydrogen-bond donors (Lipinski definition) is 3. The number of thiazole rings is 1. The van der Waals surface area contributed by atoms with Crippen LogP contribution in [0, 0.1) is 6.92 Å². The normalized spacial score (nSPS) is 12.6. The molecule has 29 heavy (non-hydrogen) atoms. The van der Waals surface area contributed by atoms with Gasteiger partial charge in [-0.2, -0.15) is 0 Å². The van der Waals surface area contributed by atoms with Crippen LogP contribution >= 0.6 is 11.3 Å². The van der Waals surface area contributed by atoms with Gasteiger partial charge in [-0.1, -0.05) is 6.07 Å². The first kappa shape index (κ1) is 18.9. The molecule has 0 spiro atoms. The molecule has 2 amide bonds. The topological polar surface area (TPSA) is 109 Å². The van der Waals surface area contributed by atoms with E-state index in [4.69, 9.17) is 5.73 Å². The molecule has 0 saturated heterocycles. The summed E-state index contributed by atoms with van der Waals surface area (Å²) in [4.78, 5) is 31.2. The number of nitrogens with two attached hydrogens (primary N) is 1. The number of aryl methyl sites for hydroxylation is 1. The zero-order valence-electron chi connectivity index (χ0n) is 16.2. The van der Waals surface area contributed by atoms with E-state index in [1.807, 2.05) is 13.0 Å². The molecule has 0 unspecified atom stereocenters. The third-order valence-corrected chi connectivity index (χ3v) is 6.01. The van der Waals surface area contributed by atoms with Crippen LogP contribution < -0.4 is 11.1 Å². The van der Waals surface area contributed by atoms with Crippen molar-refractivity contribution in [1.82, 2.24) is 15.2 Å². The number of amides is 2. The van der Waals surface area contributed by atoms with Crippen molar-refractivity contribution in [2.75, 3.05) is 19.8 Å². The van der Waals surface area contributed by atoms with E-state index in [0.717, 1.165) is 22.3 Å². The van der Waals surface area contributed by atoms with Crippen molar-refractivity contribution in [1.29, 1.82) is 0 Å². The van der Waals surface area contributed by atoms with E-state index in [0.29, 0.717) is 33.2 Å². The van der Waals surface area contributed by atoms with Crippen LogP contribution in [-0.2, 0) is 6.54 Å². The van der Waals surface area contributed by atoms with E-state index in [9.17, 15) is 14.7 Å². The van der Waals surface area contributed by atoms with Gasteiger partial charge in [0.2, 0.25) is 0 Å². The summed E-state index contributed by atoms with van der Waals surface area (Å²) in [6, 6.07) is 6.93. The predicted molar refractivity (Wildman–Crippen MR) is 113 cm³/mol. The zero-order valence-corrected chi connectivity index (χ0v) is 17.1. The van der Waals surface area contributed by atoms with Gasteiger partial charge in [0, 0.05) is 31.8 Å². The minimum atomic E-state index is -0.237. The van der Waals surface area contributed by atoms with Gasteiger partial charge < -0.3 is 21.1 Å². The number of carbonyl (C=O) groups excluding carboxylic acids is 2. The SMILES string of the molecule is Cc1ccc(O)cc1-c1cc(-c2ncc(C(=O)N(C)C)s2)c2c(c1N)C(=O)NC2. The average Bonchev–Trinajstić information content (AvgIpc) is 3.31. The minimum Gasteiger partial charge on any atom is -0.508 e. The first-order chi connectivity index (χ1) is 13.8. The van der Waals surface area contributed by atoms with Crippen LogP contribution in [0.4, 0.5) is 5.69 Å². The highest BCUT2D eigenvalue weighted by molar-refractivity contribution is 7.16. The van der Waals surface area contributed by atoms with Crippen molar-refractivity contribution in [2.45, 2.75) is 13.5 Å². The number of anilines is 1. The van der Waals surface area contributed by atoms with E-state index in [1.54, 1.807) is 38.5 Å². The smallest absolute Gasteiger partial charge is 0.265 e. The van der Waals surface area contributed by atoms with Crippen LogP contribution in [0.2, 0.25) is 0 Å². The van der Waals surface area contributed by atoms with Crippen LogP contribution in [0.3, 0.4) is 0 Å². The van der Waals surface area contributed by atoms with Crippen LogP contribution in [0.1, 0.15) is 31.2 Å². The molecule has 8 heteroatoms. The molecule has 2 aromatic carbocycles. The number of fused-ring (bicyclic) bond motifs is 1. The molecule has 148 valence electrons. The number of phenols is 1. The molecule has 0 radical (unpaired) electrons. The fourth-order valence-electron chi connectivity index (χ4n) is 3.47. The summed E-state index contributed by atoms with van der Waals surface area (Å²) >= 11 is 1.28. The molecule has 7 nitrogen and oxygen atoms in total. The minimum absolute atomic E-state index is 0.115. The fraction of sp³-hybridized carbons (Fsp3) is 0.190. The van der Waals surface area contributed by atoms with Gasteiger partial charge in [-0.3, -0.25) is 9.59 Å². The van der Waals surface area contributed by atoms with Crippen molar-refractivity contribution < 1.29 is 14.7 Å². The maximum absolute atomic E-state index is 12.5. The lowest BCUT2D eigenvalue weighted by molar-refractivity contribution is 0.0831. The molecule has 1 aromatic heterocycles. The average molecular weight is 408 g/mol. The van der Waals surface area contributed by atoms with Crippen LogP contribution in [0.5, 0.6) is 5.75 Å². The summed E-state index contributed by atoms with van der Waals surface area (Å²) in [6.45, 7) is 2.27. The lowest BCUT2D eigenvalue weighted by Crippen LogP contribution is -2.20. The molecule has 0 atom stereocenters. The first-order valence-electron chi connectivity index (χ1n) is 8.99. The van der Waals surface area contributed by atoms with Gasteiger partial charge in [-0.15, -0.1) is 11.3 Å². The Hall–Kier alpha value is -3.39. The first-order valence-corrected chi connectivity index (χ1v) is 9.81. The summed E-state index contributed by atoms with van der Waals surface area (Å²) in [6.07, 6.45) is 1.55. The van der Waals surface area contributed by atoms with Crippen molar-refractivity contribution in [2.24, 2.45) is 0 Å². The van der Waals surface area contributed by atoms with Crippen molar-refractivity contribution >= 4 is 28.8 Å². The Labute approximate surface area is 171 Å². The zero-order chi connectivity index (χ0) is 20.9. The number of nitrogen functional groups attached to an aromatic ring is 1. The molecular formula is C21H20N4O3S. The summed E-state index contributed by atoms with van der Waals surface area (Å²) < 4.78 is 0. The second kappa shape index (κ2) is 6.89. The summed E-state index contributed by atoms with van der Waals surface area (Å²) in [5, 5.41) is 13.4. The molecule has 1 aliphatic rings. The van der Waals surface area contributed by atoms with Crippen molar-refractivity contribution in [3.8, 4) is 27.4 Å².